The molecule has 0 saturated carbocycles. The molecule has 0 atom stereocenters. The van der Waals surface area contributed by atoms with E-state index in [9.17, 15) is 14.3 Å². The fraction of sp³-hybridized carbons (Fsp3) is 0.192. The van der Waals surface area contributed by atoms with Crippen LogP contribution in [0.3, 0.4) is 0 Å². The first kappa shape index (κ1) is 22.7. The monoisotopic (exact) mass is 498 g/mol. The third-order valence-electron chi connectivity index (χ3n) is 6.14. The number of hydrogen-bond donors (Lipinski definition) is 1. The number of phenolic OH excluding ortho intramolecular Hbond substituents is 1. The lowest BCUT2D eigenvalue weighted by atomic mass is 10.0. The first-order valence-electron chi connectivity index (χ1n) is 10.9. The van der Waals surface area contributed by atoms with Gasteiger partial charge in [-0.15, -0.1) is 0 Å². The highest BCUT2D eigenvalue weighted by Gasteiger charge is 2.32. The molecule has 2 heterocycles. The van der Waals surface area contributed by atoms with Gasteiger partial charge in [-0.1, -0.05) is 29.3 Å². The minimum Gasteiger partial charge on any atom is -0.507 e. The molecular weight excluding hydrogens is 478 g/mol. The molecule has 2 aliphatic rings. The van der Waals surface area contributed by atoms with Crippen molar-refractivity contribution in [3.63, 3.8) is 0 Å². The second-order valence-corrected chi connectivity index (χ2v) is 9.07. The molecule has 1 N–H and O–H groups in total. The molecule has 0 aromatic heterocycles. The summed E-state index contributed by atoms with van der Waals surface area (Å²) in [5.41, 5.74) is 2.44. The zero-order valence-electron chi connectivity index (χ0n) is 18.1. The maximum atomic E-state index is 13.2. The maximum Gasteiger partial charge on any atom is 0.231 e. The molecule has 5 rings (SSSR count). The van der Waals surface area contributed by atoms with E-state index < -0.39 is 0 Å². The number of allylic oxidation sites excluding steroid dienone is 1. The predicted molar refractivity (Wildman–Crippen MR) is 131 cm³/mol. The van der Waals surface area contributed by atoms with E-state index in [-0.39, 0.29) is 23.1 Å². The summed E-state index contributed by atoms with van der Waals surface area (Å²) in [5, 5.41) is 11.4. The van der Waals surface area contributed by atoms with Gasteiger partial charge < -0.3 is 14.7 Å². The van der Waals surface area contributed by atoms with Crippen molar-refractivity contribution >= 4 is 40.7 Å². The smallest absolute Gasteiger partial charge is 0.231 e. The number of piperazine rings is 1. The average molecular weight is 499 g/mol. The molecule has 0 unspecified atom stereocenters. The number of fused-ring (bicyclic) bond motifs is 1. The Balaban J connectivity index is 1.34. The SMILES string of the molecule is O=C1/C(=C/c2c(Cl)cccc2Cl)Oc2c1ccc(O)c2CN1CCN(c2ccc(F)cc2)CC1. The van der Waals surface area contributed by atoms with Crippen LogP contribution in [0, 0.1) is 5.82 Å². The quantitative estimate of drug-likeness (QED) is 0.462. The maximum absolute atomic E-state index is 13.2. The molecule has 2 aliphatic heterocycles. The molecule has 8 heteroatoms. The third kappa shape index (κ3) is 4.37. The molecule has 1 saturated heterocycles. The van der Waals surface area contributed by atoms with E-state index >= 15 is 0 Å². The van der Waals surface area contributed by atoms with Crippen molar-refractivity contribution in [1.82, 2.24) is 4.90 Å². The van der Waals surface area contributed by atoms with Crippen molar-refractivity contribution in [3.8, 4) is 11.5 Å². The molecule has 174 valence electrons. The summed E-state index contributed by atoms with van der Waals surface area (Å²) < 4.78 is 19.2. The lowest BCUT2D eigenvalue weighted by Gasteiger charge is -2.36. The van der Waals surface area contributed by atoms with Gasteiger partial charge in [0, 0.05) is 54.0 Å². The predicted octanol–water partition coefficient (Wildman–Crippen LogP) is 5.78. The Kier molecular flexibility index (Phi) is 6.21. The fourth-order valence-electron chi connectivity index (χ4n) is 4.27. The number of anilines is 1. The summed E-state index contributed by atoms with van der Waals surface area (Å²) in [4.78, 5) is 17.4. The number of carbonyl (C=O) groups is 1. The lowest BCUT2D eigenvalue weighted by Crippen LogP contribution is -2.46. The van der Waals surface area contributed by atoms with Crippen molar-refractivity contribution in [2.75, 3.05) is 31.1 Å². The largest absolute Gasteiger partial charge is 0.507 e. The molecule has 1 fully saturated rings. The number of nitrogens with zero attached hydrogens (tertiary/aromatic N) is 2. The second-order valence-electron chi connectivity index (χ2n) is 8.25. The number of halogens is 3. The number of ketones is 1. The van der Waals surface area contributed by atoms with Gasteiger partial charge in [-0.25, -0.2) is 4.39 Å². The van der Waals surface area contributed by atoms with E-state index in [2.05, 4.69) is 9.80 Å². The zero-order chi connectivity index (χ0) is 23.8. The summed E-state index contributed by atoms with van der Waals surface area (Å²) >= 11 is 12.5. The molecule has 5 nitrogen and oxygen atoms in total. The Hall–Kier alpha value is -3.06. The Labute approximate surface area is 206 Å². The molecule has 3 aromatic carbocycles. The standard InChI is InChI=1S/C26H21Cl2FN2O3/c27-21-2-1-3-22(28)19(21)14-24-25(33)18-8-9-23(32)20(26(18)34-24)15-30-10-12-31(13-11-30)17-6-4-16(29)5-7-17/h1-9,14,32H,10-13,15H2/b24-14-. The van der Waals surface area contributed by atoms with Gasteiger partial charge in [0.1, 0.15) is 17.3 Å². The molecule has 0 radical (unpaired) electrons. The van der Waals surface area contributed by atoms with E-state index in [1.54, 1.807) is 36.4 Å². The summed E-state index contributed by atoms with van der Waals surface area (Å²) in [6.45, 7) is 3.44. The summed E-state index contributed by atoms with van der Waals surface area (Å²) in [5.74, 6) is 0.00634. The summed E-state index contributed by atoms with van der Waals surface area (Å²) in [6.07, 6.45) is 1.54. The van der Waals surface area contributed by atoms with Gasteiger partial charge in [-0.05, 0) is 54.6 Å². The van der Waals surface area contributed by atoms with Gasteiger partial charge in [-0.2, -0.15) is 0 Å². The van der Waals surface area contributed by atoms with Crippen LogP contribution in [0.15, 0.2) is 60.4 Å². The normalized spacial score (nSPS) is 17.2. The van der Waals surface area contributed by atoms with E-state index in [4.69, 9.17) is 27.9 Å². The van der Waals surface area contributed by atoms with Crippen LogP contribution in [0.4, 0.5) is 10.1 Å². The van der Waals surface area contributed by atoms with Crippen molar-refractivity contribution in [2.24, 2.45) is 0 Å². The lowest BCUT2D eigenvalue weighted by molar-refractivity contribution is 0.101. The minimum atomic E-state index is -0.284. The summed E-state index contributed by atoms with van der Waals surface area (Å²) in [6, 6.07) is 14.7. The molecule has 0 amide bonds. The Bertz CT molecular complexity index is 1270. The number of benzene rings is 3. The van der Waals surface area contributed by atoms with Gasteiger partial charge in [0.15, 0.2) is 5.76 Å². The first-order valence-corrected chi connectivity index (χ1v) is 11.6. The zero-order valence-corrected chi connectivity index (χ0v) is 19.6. The van der Waals surface area contributed by atoms with E-state index in [0.717, 1.165) is 31.9 Å². The summed E-state index contributed by atoms with van der Waals surface area (Å²) in [7, 11) is 0. The van der Waals surface area contributed by atoms with Gasteiger partial charge in [0.2, 0.25) is 5.78 Å². The van der Waals surface area contributed by atoms with Gasteiger partial charge in [0.05, 0.1) is 11.1 Å². The minimum absolute atomic E-state index is 0.0736. The van der Waals surface area contributed by atoms with Crippen LogP contribution in [0.25, 0.3) is 6.08 Å². The Morgan fingerprint density at radius 1 is 0.971 bits per heavy atom. The van der Waals surface area contributed by atoms with Crippen LogP contribution in [0.1, 0.15) is 21.5 Å². The first-order chi connectivity index (χ1) is 16.4. The van der Waals surface area contributed by atoms with E-state index in [1.165, 1.54) is 24.3 Å². The van der Waals surface area contributed by atoms with Crippen molar-refractivity contribution < 1.29 is 19.0 Å². The van der Waals surface area contributed by atoms with Crippen molar-refractivity contribution in [1.29, 1.82) is 0 Å². The number of rotatable bonds is 4. The van der Waals surface area contributed by atoms with Crippen LogP contribution in [-0.2, 0) is 6.54 Å². The molecule has 34 heavy (non-hydrogen) atoms. The van der Waals surface area contributed by atoms with Gasteiger partial charge in [0.25, 0.3) is 0 Å². The number of hydrogen-bond acceptors (Lipinski definition) is 5. The van der Waals surface area contributed by atoms with E-state index in [0.29, 0.717) is 39.0 Å². The number of Topliss-reactive ketones (excluding diaryl/α,β-unsaturated/α-hetero) is 1. The van der Waals surface area contributed by atoms with Crippen LogP contribution in [0.5, 0.6) is 11.5 Å². The second kappa shape index (κ2) is 9.29. The molecule has 0 aliphatic carbocycles. The average Bonchev–Trinajstić information content (AvgIpc) is 3.15. The highest BCUT2D eigenvalue weighted by molar-refractivity contribution is 6.37. The van der Waals surface area contributed by atoms with Crippen LogP contribution in [-0.4, -0.2) is 42.0 Å². The number of aromatic hydroxyl groups is 1. The molecule has 0 spiro atoms. The van der Waals surface area contributed by atoms with E-state index in [1.807, 2.05) is 0 Å². The molecule has 0 bridgehead atoms. The van der Waals surface area contributed by atoms with Crippen molar-refractivity contribution in [3.05, 3.63) is 92.9 Å². The Morgan fingerprint density at radius 3 is 2.32 bits per heavy atom. The topological polar surface area (TPSA) is 53.0 Å². The van der Waals surface area contributed by atoms with Crippen molar-refractivity contribution in [2.45, 2.75) is 6.54 Å². The van der Waals surface area contributed by atoms with Gasteiger partial charge in [-0.3, -0.25) is 9.69 Å². The Morgan fingerprint density at radius 2 is 1.65 bits per heavy atom. The molecular formula is C26H21Cl2FN2O3. The van der Waals surface area contributed by atoms with Crippen LogP contribution >= 0.6 is 23.2 Å². The van der Waals surface area contributed by atoms with Gasteiger partial charge >= 0.3 is 0 Å². The number of ether oxygens (including phenoxy) is 1. The van der Waals surface area contributed by atoms with Crippen LogP contribution < -0.4 is 9.64 Å². The number of carbonyl (C=O) groups excluding carboxylic acids is 1. The molecule has 3 aromatic rings. The highest BCUT2D eigenvalue weighted by Crippen LogP contribution is 2.41. The van der Waals surface area contributed by atoms with Crippen LogP contribution in [0.2, 0.25) is 10.0 Å². The highest BCUT2D eigenvalue weighted by atomic mass is 35.5. The number of phenols is 1. The fourth-order valence-corrected chi connectivity index (χ4v) is 4.78. The third-order valence-corrected chi connectivity index (χ3v) is 6.80.